The molecule has 24 heavy (non-hydrogen) atoms. The summed E-state index contributed by atoms with van der Waals surface area (Å²) in [5.74, 6) is 2.28. The minimum Gasteiger partial charge on any atom is -0.493 e. The maximum absolute atomic E-state index is 6.06. The summed E-state index contributed by atoms with van der Waals surface area (Å²) in [6, 6.07) is 12.1. The molecule has 1 aromatic carbocycles. The molecule has 126 valence electrons. The molecule has 6 heteroatoms. The Labute approximate surface area is 142 Å². The molecule has 0 saturated carbocycles. The topological polar surface area (TPSA) is 75.8 Å². The number of benzene rings is 1. The Morgan fingerprint density at radius 3 is 2.92 bits per heavy atom. The van der Waals surface area contributed by atoms with Gasteiger partial charge in [-0.3, -0.25) is 0 Å². The summed E-state index contributed by atoms with van der Waals surface area (Å²) in [6.07, 6.45) is 2.70. The fourth-order valence-corrected chi connectivity index (χ4v) is 2.67. The number of nitrogens with zero attached hydrogens (tertiary/aromatic N) is 3. The molecule has 1 atom stereocenters. The normalized spacial score (nSPS) is 16.9. The van der Waals surface area contributed by atoms with E-state index in [2.05, 4.69) is 21.4 Å². The summed E-state index contributed by atoms with van der Waals surface area (Å²) in [5, 5.41) is 3.29. The Kier molecular flexibility index (Phi) is 4.84. The van der Waals surface area contributed by atoms with Crippen molar-refractivity contribution < 1.29 is 4.74 Å². The zero-order valence-electron chi connectivity index (χ0n) is 14.1. The molecule has 0 aliphatic carbocycles. The summed E-state index contributed by atoms with van der Waals surface area (Å²) in [5.41, 5.74) is 8.21. The van der Waals surface area contributed by atoms with E-state index in [-0.39, 0.29) is 6.04 Å². The molecule has 0 radical (unpaired) electrons. The molecular formula is C18H23N5O. The molecule has 0 spiro atoms. The van der Waals surface area contributed by atoms with Crippen molar-refractivity contribution in [2.24, 2.45) is 10.7 Å². The molecule has 0 amide bonds. The van der Waals surface area contributed by atoms with Gasteiger partial charge in [0.1, 0.15) is 11.6 Å². The number of pyridine rings is 1. The number of aromatic nitrogens is 1. The molecule has 1 aromatic heterocycles. The summed E-state index contributed by atoms with van der Waals surface area (Å²) in [7, 11) is 3.93. The average Bonchev–Trinajstić information content (AvgIpc) is 2.61. The monoisotopic (exact) mass is 325 g/mol. The first-order chi connectivity index (χ1) is 11.6. The highest BCUT2D eigenvalue weighted by molar-refractivity contribution is 5.78. The van der Waals surface area contributed by atoms with Crippen LogP contribution >= 0.6 is 0 Å². The number of ether oxygens (including phenoxy) is 1. The third-order valence-electron chi connectivity index (χ3n) is 3.98. The summed E-state index contributed by atoms with van der Waals surface area (Å²) in [4.78, 5) is 10.8. The van der Waals surface area contributed by atoms with Crippen molar-refractivity contribution in [3.05, 3.63) is 53.7 Å². The van der Waals surface area contributed by atoms with Gasteiger partial charge in [0.25, 0.3) is 0 Å². The van der Waals surface area contributed by atoms with Gasteiger partial charge in [0, 0.05) is 32.3 Å². The third-order valence-corrected chi connectivity index (χ3v) is 3.98. The number of para-hydroxylation sites is 1. The minimum absolute atomic E-state index is 0.132. The highest BCUT2D eigenvalue weighted by Gasteiger charge is 2.21. The second-order valence-corrected chi connectivity index (χ2v) is 5.99. The van der Waals surface area contributed by atoms with Gasteiger partial charge in [0.2, 0.25) is 0 Å². The van der Waals surface area contributed by atoms with E-state index in [1.54, 1.807) is 0 Å². The van der Waals surface area contributed by atoms with Gasteiger partial charge in [0.05, 0.1) is 19.2 Å². The van der Waals surface area contributed by atoms with Crippen molar-refractivity contribution in [3.63, 3.8) is 0 Å². The number of guanidine groups is 1. The van der Waals surface area contributed by atoms with Gasteiger partial charge in [-0.25, -0.2) is 9.98 Å². The van der Waals surface area contributed by atoms with Gasteiger partial charge in [0.15, 0.2) is 5.96 Å². The van der Waals surface area contributed by atoms with Crippen LogP contribution in [-0.2, 0) is 6.54 Å². The molecule has 1 aliphatic heterocycles. The molecule has 3 N–H and O–H groups in total. The van der Waals surface area contributed by atoms with Gasteiger partial charge in [-0.1, -0.05) is 24.3 Å². The predicted molar refractivity (Wildman–Crippen MR) is 96.3 cm³/mol. The number of hydrogen-bond acceptors (Lipinski definition) is 4. The molecule has 2 heterocycles. The van der Waals surface area contributed by atoms with Crippen LogP contribution in [0, 0.1) is 0 Å². The van der Waals surface area contributed by atoms with Crippen LogP contribution in [0.15, 0.2) is 47.6 Å². The largest absolute Gasteiger partial charge is 0.493 e. The molecule has 2 aromatic rings. The predicted octanol–water partition coefficient (Wildman–Crippen LogP) is 2.08. The van der Waals surface area contributed by atoms with Crippen molar-refractivity contribution in [1.82, 2.24) is 10.3 Å². The van der Waals surface area contributed by atoms with E-state index in [0.717, 1.165) is 29.1 Å². The van der Waals surface area contributed by atoms with E-state index >= 15 is 0 Å². The average molecular weight is 325 g/mol. The van der Waals surface area contributed by atoms with Gasteiger partial charge < -0.3 is 20.7 Å². The molecule has 0 bridgehead atoms. The lowest BCUT2D eigenvalue weighted by Gasteiger charge is -2.26. The van der Waals surface area contributed by atoms with Crippen LogP contribution in [0.1, 0.15) is 23.6 Å². The lowest BCUT2D eigenvalue weighted by atomic mass is 10.0. The Morgan fingerprint density at radius 2 is 2.17 bits per heavy atom. The number of rotatable bonds is 4. The minimum atomic E-state index is 0.132. The van der Waals surface area contributed by atoms with Crippen LogP contribution in [0.2, 0.25) is 0 Å². The first-order valence-electron chi connectivity index (χ1n) is 8.04. The lowest BCUT2D eigenvalue weighted by Crippen LogP contribution is -2.37. The molecule has 1 aliphatic rings. The van der Waals surface area contributed by atoms with Crippen molar-refractivity contribution in [2.75, 3.05) is 25.6 Å². The van der Waals surface area contributed by atoms with Gasteiger partial charge >= 0.3 is 0 Å². The zero-order chi connectivity index (χ0) is 16.9. The smallest absolute Gasteiger partial charge is 0.189 e. The quantitative estimate of drug-likeness (QED) is 0.665. The van der Waals surface area contributed by atoms with E-state index in [4.69, 9.17) is 10.5 Å². The number of hydrogen-bond donors (Lipinski definition) is 2. The van der Waals surface area contributed by atoms with E-state index in [1.165, 1.54) is 0 Å². The fourth-order valence-electron chi connectivity index (χ4n) is 2.67. The second kappa shape index (κ2) is 7.21. The lowest BCUT2D eigenvalue weighted by molar-refractivity contribution is 0.262. The Hall–Kier alpha value is -2.76. The number of anilines is 1. The Balaban J connectivity index is 1.63. The van der Waals surface area contributed by atoms with Crippen LogP contribution in [0.5, 0.6) is 5.75 Å². The van der Waals surface area contributed by atoms with Crippen molar-refractivity contribution in [1.29, 1.82) is 0 Å². The van der Waals surface area contributed by atoms with Gasteiger partial charge in [-0.15, -0.1) is 0 Å². The van der Waals surface area contributed by atoms with E-state index in [0.29, 0.717) is 19.1 Å². The summed E-state index contributed by atoms with van der Waals surface area (Å²) < 4.78 is 5.66. The first-order valence-corrected chi connectivity index (χ1v) is 8.04. The van der Waals surface area contributed by atoms with Crippen LogP contribution in [-0.4, -0.2) is 31.6 Å². The zero-order valence-corrected chi connectivity index (χ0v) is 14.1. The summed E-state index contributed by atoms with van der Waals surface area (Å²) in [6.45, 7) is 1.18. The number of fused-ring (bicyclic) bond motifs is 1. The Morgan fingerprint density at radius 1 is 1.33 bits per heavy atom. The highest BCUT2D eigenvalue weighted by atomic mass is 16.5. The molecule has 0 saturated heterocycles. The number of nitrogens with one attached hydrogen (secondary N) is 1. The summed E-state index contributed by atoms with van der Waals surface area (Å²) >= 11 is 0. The van der Waals surface area contributed by atoms with Crippen molar-refractivity contribution >= 4 is 11.8 Å². The van der Waals surface area contributed by atoms with Crippen LogP contribution in [0.25, 0.3) is 0 Å². The molecule has 0 fully saturated rings. The number of nitrogens with two attached hydrogens (primary N) is 1. The molecular weight excluding hydrogens is 302 g/mol. The SMILES string of the molecule is CN(C)c1ccc(CN=C(N)NC2CCOc3ccccc32)cn1. The fraction of sp³-hybridized carbons (Fsp3) is 0.333. The van der Waals surface area contributed by atoms with Gasteiger partial charge in [-0.05, 0) is 17.7 Å². The third kappa shape index (κ3) is 3.76. The maximum atomic E-state index is 6.06. The second-order valence-electron chi connectivity index (χ2n) is 5.99. The van der Waals surface area contributed by atoms with E-state index in [9.17, 15) is 0 Å². The van der Waals surface area contributed by atoms with Crippen molar-refractivity contribution in [3.8, 4) is 5.75 Å². The molecule has 1 unspecified atom stereocenters. The van der Waals surface area contributed by atoms with Crippen LogP contribution < -0.4 is 20.7 Å². The van der Waals surface area contributed by atoms with Gasteiger partial charge in [-0.2, -0.15) is 0 Å². The van der Waals surface area contributed by atoms with E-state index in [1.807, 2.05) is 55.5 Å². The molecule has 6 nitrogen and oxygen atoms in total. The van der Waals surface area contributed by atoms with Crippen LogP contribution in [0.3, 0.4) is 0 Å². The Bertz CT molecular complexity index is 712. The van der Waals surface area contributed by atoms with Crippen LogP contribution in [0.4, 0.5) is 5.82 Å². The number of aliphatic imine (C=N–C) groups is 1. The standard InChI is InChI=1S/C18H23N5O/c1-23(2)17-8-7-13(11-20-17)12-21-18(19)22-15-9-10-24-16-6-4-3-5-14(15)16/h3-8,11,15H,9-10,12H2,1-2H3,(H3,19,21,22). The maximum Gasteiger partial charge on any atom is 0.189 e. The first kappa shape index (κ1) is 16.1. The molecule has 3 rings (SSSR count). The van der Waals surface area contributed by atoms with Crippen molar-refractivity contribution in [2.45, 2.75) is 19.0 Å². The van der Waals surface area contributed by atoms with E-state index < -0.39 is 0 Å². The highest BCUT2D eigenvalue weighted by Crippen LogP contribution is 2.31.